The maximum absolute atomic E-state index is 13.4. The Balaban J connectivity index is 2.72. The summed E-state index contributed by atoms with van der Waals surface area (Å²) in [5.74, 6) is -4.19. The molecule has 0 fully saturated rings. The topological polar surface area (TPSA) is 0 Å². The fourth-order valence-electron chi connectivity index (χ4n) is 1.44. The summed E-state index contributed by atoms with van der Waals surface area (Å²) >= 11 is 3.02. The van der Waals surface area contributed by atoms with Crippen molar-refractivity contribution in [2.45, 2.75) is 0 Å². The van der Waals surface area contributed by atoms with Crippen LogP contribution in [-0.2, 0) is 0 Å². The molecular formula is C12H4BrF4. The summed E-state index contributed by atoms with van der Waals surface area (Å²) in [7, 11) is 0. The van der Waals surface area contributed by atoms with E-state index in [1.54, 1.807) is 0 Å². The van der Waals surface area contributed by atoms with Crippen molar-refractivity contribution in [1.29, 1.82) is 0 Å². The van der Waals surface area contributed by atoms with Crippen molar-refractivity contribution in [2.75, 3.05) is 0 Å². The first-order chi connectivity index (χ1) is 7.99. The SMILES string of the molecule is Fc1cc(F)c(-c2cc(Br)[c]cc2F)c(F)c1. The smallest absolute Gasteiger partial charge is 0.136 e. The standard InChI is InChI=1S/C12H4BrF4/c13-6-1-2-9(15)8(3-6)12-10(16)4-7(14)5-11(12)17/h2-5H. The molecule has 2 aromatic rings. The molecular weight excluding hydrogens is 300 g/mol. The van der Waals surface area contributed by atoms with Gasteiger partial charge in [0.1, 0.15) is 23.3 Å². The van der Waals surface area contributed by atoms with Crippen LogP contribution in [0.15, 0.2) is 28.7 Å². The zero-order chi connectivity index (χ0) is 12.6. The molecule has 0 amide bonds. The Morgan fingerprint density at radius 3 is 2.06 bits per heavy atom. The summed E-state index contributed by atoms with van der Waals surface area (Å²) in [6, 6.07) is 5.61. The second kappa shape index (κ2) is 4.49. The van der Waals surface area contributed by atoms with Crippen molar-refractivity contribution in [3.8, 4) is 11.1 Å². The second-order valence-electron chi connectivity index (χ2n) is 3.29. The van der Waals surface area contributed by atoms with Crippen LogP contribution in [0.1, 0.15) is 0 Å². The van der Waals surface area contributed by atoms with E-state index < -0.39 is 28.8 Å². The van der Waals surface area contributed by atoms with Crippen molar-refractivity contribution < 1.29 is 17.6 Å². The lowest BCUT2D eigenvalue weighted by molar-refractivity contribution is 0.545. The molecule has 0 unspecified atom stereocenters. The van der Waals surface area contributed by atoms with Gasteiger partial charge in [-0.05, 0) is 12.1 Å². The van der Waals surface area contributed by atoms with Crippen molar-refractivity contribution >= 4 is 15.9 Å². The highest BCUT2D eigenvalue weighted by molar-refractivity contribution is 9.10. The Morgan fingerprint density at radius 1 is 0.882 bits per heavy atom. The third-order valence-electron chi connectivity index (χ3n) is 2.14. The number of hydrogen-bond acceptors (Lipinski definition) is 0. The first kappa shape index (κ1) is 12.1. The first-order valence-corrected chi connectivity index (χ1v) is 5.30. The summed E-state index contributed by atoms with van der Waals surface area (Å²) < 4.78 is 53.4. The lowest BCUT2D eigenvalue weighted by Crippen LogP contribution is -1.95. The average molecular weight is 304 g/mol. The minimum absolute atomic E-state index is 0.286. The summed E-state index contributed by atoms with van der Waals surface area (Å²) in [6.07, 6.45) is 0. The molecule has 0 heterocycles. The lowest BCUT2D eigenvalue weighted by Gasteiger charge is -2.07. The zero-order valence-corrected chi connectivity index (χ0v) is 9.79. The van der Waals surface area contributed by atoms with Crippen molar-refractivity contribution in [2.24, 2.45) is 0 Å². The van der Waals surface area contributed by atoms with Gasteiger partial charge in [-0.15, -0.1) is 0 Å². The van der Waals surface area contributed by atoms with E-state index in [0.29, 0.717) is 16.6 Å². The quantitative estimate of drug-likeness (QED) is 0.682. The number of benzene rings is 2. The molecule has 0 saturated heterocycles. The molecule has 0 atom stereocenters. The summed E-state index contributed by atoms with van der Waals surface area (Å²) in [5, 5.41) is 0. The maximum Gasteiger partial charge on any atom is 0.136 e. The molecule has 0 aromatic heterocycles. The van der Waals surface area contributed by atoms with Gasteiger partial charge < -0.3 is 0 Å². The van der Waals surface area contributed by atoms with Crippen LogP contribution < -0.4 is 0 Å². The van der Waals surface area contributed by atoms with E-state index >= 15 is 0 Å². The Bertz CT molecular complexity index is 558. The van der Waals surface area contributed by atoms with Crippen LogP contribution in [0.25, 0.3) is 11.1 Å². The van der Waals surface area contributed by atoms with Gasteiger partial charge in [0.2, 0.25) is 0 Å². The van der Waals surface area contributed by atoms with Crippen LogP contribution in [0.3, 0.4) is 0 Å². The molecule has 2 aromatic carbocycles. The Kier molecular flexibility index (Phi) is 3.19. The highest BCUT2D eigenvalue weighted by Gasteiger charge is 2.17. The Labute approximate surface area is 103 Å². The van der Waals surface area contributed by atoms with Gasteiger partial charge in [-0.2, -0.15) is 0 Å². The minimum Gasteiger partial charge on any atom is -0.207 e. The molecule has 1 radical (unpaired) electrons. The fourth-order valence-corrected chi connectivity index (χ4v) is 1.78. The average Bonchev–Trinajstić information content (AvgIpc) is 2.21. The lowest BCUT2D eigenvalue weighted by atomic mass is 10.0. The molecule has 0 spiro atoms. The summed E-state index contributed by atoms with van der Waals surface area (Å²) in [4.78, 5) is 0. The van der Waals surface area contributed by atoms with E-state index in [4.69, 9.17) is 0 Å². The Hall–Kier alpha value is -1.36. The highest BCUT2D eigenvalue weighted by Crippen LogP contribution is 2.30. The molecule has 0 aliphatic heterocycles. The minimum atomic E-state index is -1.15. The number of hydrogen-bond donors (Lipinski definition) is 0. The molecule has 17 heavy (non-hydrogen) atoms. The summed E-state index contributed by atoms with van der Waals surface area (Å²) in [6.45, 7) is 0. The largest absolute Gasteiger partial charge is 0.207 e. The molecule has 0 saturated carbocycles. The third-order valence-corrected chi connectivity index (χ3v) is 2.60. The molecule has 0 aliphatic rings. The summed E-state index contributed by atoms with van der Waals surface area (Å²) in [5.41, 5.74) is -0.885. The van der Waals surface area contributed by atoms with Gasteiger partial charge in [-0.3, -0.25) is 0 Å². The molecule has 5 heteroatoms. The fraction of sp³-hybridized carbons (Fsp3) is 0. The van der Waals surface area contributed by atoms with Crippen molar-refractivity contribution in [3.63, 3.8) is 0 Å². The van der Waals surface area contributed by atoms with E-state index in [1.165, 1.54) is 6.07 Å². The zero-order valence-electron chi connectivity index (χ0n) is 8.20. The second-order valence-corrected chi connectivity index (χ2v) is 4.14. The van der Waals surface area contributed by atoms with Crippen LogP contribution in [0, 0.1) is 29.3 Å². The normalized spacial score (nSPS) is 10.6. The van der Waals surface area contributed by atoms with Gasteiger partial charge in [0.25, 0.3) is 0 Å². The van der Waals surface area contributed by atoms with Crippen molar-refractivity contribution in [3.05, 3.63) is 58.1 Å². The number of rotatable bonds is 1. The van der Waals surface area contributed by atoms with Gasteiger partial charge in [-0.25, -0.2) is 17.6 Å². The monoisotopic (exact) mass is 303 g/mol. The molecule has 87 valence electrons. The predicted molar refractivity (Wildman–Crippen MR) is 58.2 cm³/mol. The molecule has 0 nitrogen and oxygen atoms in total. The van der Waals surface area contributed by atoms with Gasteiger partial charge in [0.05, 0.1) is 5.56 Å². The van der Waals surface area contributed by atoms with Crippen LogP contribution in [0.4, 0.5) is 17.6 Å². The van der Waals surface area contributed by atoms with Crippen LogP contribution in [0.2, 0.25) is 0 Å². The van der Waals surface area contributed by atoms with Gasteiger partial charge in [0.15, 0.2) is 0 Å². The molecule has 0 N–H and O–H groups in total. The number of halogens is 5. The van der Waals surface area contributed by atoms with E-state index in [1.807, 2.05) is 0 Å². The maximum atomic E-state index is 13.4. The first-order valence-electron chi connectivity index (χ1n) is 4.50. The van der Waals surface area contributed by atoms with Gasteiger partial charge in [-0.1, -0.05) is 15.9 Å². The van der Waals surface area contributed by atoms with Gasteiger partial charge >= 0.3 is 0 Å². The van der Waals surface area contributed by atoms with E-state index in [-0.39, 0.29) is 5.56 Å². The van der Waals surface area contributed by atoms with Crippen LogP contribution in [0.5, 0.6) is 0 Å². The predicted octanol–water partition coefficient (Wildman–Crippen LogP) is 4.47. The van der Waals surface area contributed by atoms with Crippen molar-refractivity contribution in [1.82, 2.24) is 0 Å². The van der Waals surface area contributed by atoms with Gasteiger partial charge in [0, 0.05) is 28.2 Å². The highest BCUT2D eigenvalue weighted by atomic mass is 79.9. The van der Waals surface area contributed by atoms with E-state index in [9.17, 15) is 17.6 Å². The molecule has 0 bridgehead atoms. The van der Waals surface area contributed by atoms with Crippen LogP contribution >= 0.6 is 15.9 Å². The third kappa shape index (κ3) is 2.34. The molecule has 2 rings (SSSR count). The van der Waals surface area contributed by atoms with Crippen LogP contribution in [-0.4, -0.2) is 0 Å². The van der Waals surface area contributed by atoms with E-state index in [2.05, 4.69) is 22.0 Å². The molecule has 0 aliphatic carbocycles. The van der Waals surface area contributed by atoms with E-state index in [0.717, 1.165) is 6.07 Å². The Morgan fingerprint density at radius 2 is 1.47 bits per heavy atom.